The van der Waals surface area contributed by atoms with Gasteiger partial charge in [0.1, 0.15) is 5.76 Å². The second-order valence-electron chi connectivity index (χ2n) is 7.73. The Morgan fingerprint density at radius 3 is 2.42 bits per heavy atom. The molecule has 3 amide bonds. The predicted octanol–water partition coefficient (Wildman–Crippen LogP) is 3.28. The van der Waals surface area contributed by atoms with Crippen molar-refractivity contribution >= 4 is 29.1 Å². The first-order valence-electron chi connectivity index (χ1n) is 10.6. The van der Waals surface area contributed by atoms with E-state index in [4.69, 9.17) is 4.42 Å². The zero-order chi connectivity index (χ0) is 23.6. The molecule has 0 radical (unpaired) electrons. The second kappa shape index (κ2) is 11.5. The standard InChI is InChI=1S/C25H28N4O4/c1-29(2)24(31)13-8-18-5-3-6-21(15-18)28-23(30)17-26-20-11-9-19(10-12-20)25(32)27-16-22-7-4-14-33-22/h3-7,9-12,14-15,26H,8,13,16-17H2,1-2H3,(H,27,32)(H,28,30). The smallest absolute Gasteiger partial charge is 0.251 e. The number of hydrogen-bond donors (Lipinski definition) is 3. The number of furan rings is 1. The summed E-state index contributed by atoms with van der Waals surface area (Å²) in [6.07, 6.45) is 2.59. The van der Waals surface area contributed by atoms with Gasteiger partial charge in [0.05, 0.1) is 19.4 Å². The number of benzene rings is 2. The molecule has 0 saturated carbocycles. The Balaban J connectivity index is 1.44. The lowest BCUT2D eigenvalue weighted by Crippen LogP contribution is -2.23. The van der Waals surface area contributed by atoms with Crippen LogP contribution in [-0.4, -0.2) is 43.3 Å². The maximum atomic E-state index is 12.3. The van der Waals surface area contributed by atoms with Crippen LogP contribution in [0.25, 0.3) is 0 Å². The van der Waals surface area contributed by atoms with E-state index in [1.54, 1.807) is 61.7 Å². The highest BCUT2D eigenvalue weighted by molar-refractivity contribution is 5.95. The van der Waals surface area contributed by atoms with Crippen molar-refractivity contribution in [1.82, 2.24) is 10.2 Å². The first-order chi connectivity index (χ1) is 15.9. The topological polar surface area (TPSA) is 104 Å². The third-order valence-corrected chi connectivity index (χ3v) is 4.94. The summed E-state index contributed by atoms with van der Waals surface area (Å²) in [5.74, 6) is 0.342. The van der Waals surface area contributed by atoms with Crippen LogP contribution in [0.1, 0.15) is 28.1 Å². The minimum atomic E-state index is -0.206. The molecule has 1 heterocycles. The number of nitrogens with zero attached hydrogens (tertiary/aromatic N) is 1. The fourth-order valence-corrected chi connectivity index (χ4v) is 3.09. The molecular weight excluding hydrogens is 420 g/mol. The van der Waals surface area contributed by atoms with Gasteiger partial charge in [0.25, 0.3) is 5.91 Å². The molecule has 33 heavy (non-hydrogen) atoms. The molecule has 2 aromatic carbocycles. The molecule has 0 aliphatic heterocycles. The van der Waals surface area contributed by atoms with E-state index in [1.807, 2.05) is 24.3 Å². The molecule has 0 atom stereocenters. The lowest BCUT2D eigenvalue weighted by atomic mass is 10.1. The van der Waals surface area contributed by atoms with Gasteiger partial charge in [-0.1, -0.05) is 12.1 Å². The molecular formula is C25H28N4O4. The summed E-state index contributed by atoms with van der Waals surface area (Å²) >= 11 is 0. The number of aryl methyl sites for hydroxylation is 1. The highest BCUT2D eigenvalue weighted by Crippen LogP contribution is 2.14. The van der Waals surface area contributed by atoms with Crippen molar-refractivity contribution < 1.29 is 18.8 Å². The van der Waals surface area contributed by atoms with E-state index in [-0.39, 0.29) is 24.3 Å². The molecule has 172 valence electrons. The quantitative estimate of drug-likeness (QED) is 0.442. The Morgan fingerprint density at radius 1 is 0.939 bits per heavy atom. The van der Waals surface area contributed by atoms with Crippen LogP contribution >= 0.6 is 0 Å². The van der Waals surface area contributed by atoms with Crippen molar-refractivity contribution in [2.45, 2.75) is 19.4 Å². The lowest BCUT2D eigenvalue weighted by Gasteiger charge is -2.11. The van der Waals surface area contributed by atoms with Gasteiger partial charge in [-0.05, 0) is 60.5 Å². The Morgan fingerprint density at radius 2 is 1.73 bits per heavy atom. The molecule has 0 unspecified atom stereocenters. The highest BCUT2D eigenvalue weighted by Gasteiger charge is 2.08. The summed E-state index contributed by atoms with van der Waals surface area (Å²) in [6.45, 7) is 0.395. The maximum Gasteiger partial charge on any atom is 0.251 e. The van der Waals surface area contributed by atoms with Crippen molar-refractivity contribution in [3.63, 3.8) is 0 Å². The summed E-state index contributed by atoms with van der Waals surface area (Å²) in [5, 5.41) is 8.68. The molecule has 0 spiro atoms. The number of nitrogens with one attached hydrogen (secondary N) is 3. The Hall–Kier alpha value is -4.07. The Labute approximate surface area is 193 Å². The SMILES string of the molecule is CN(C)C(=O)CCc1cccc(NC(=O)CNc2ccc(C(=O)NCc3ccco3)cc2)c1. The number of amides is 3. The minimum absolute atomic E-state index is 0.0645. The summed E-state index contributed by atoms with van der Waals surface area (Å²) in [7, 11) is 3.47. The van der Waals surface area contributed by atoms with Gasteiger partial charge in [-0.2, -0.15) is 0 Å². The van der Waals surface area contributed by atoms with E-state index in [0.717, 1.165) is 11.3 Å². The number of rotatable bonds is 10. The monoisotopic (exact) mass is 448 g/mol. The van der Waals surface area contributed by atoms with E-state index in [0.29, 0.717) is 36.4 Å². The molecule has 8 heteroatoms. The van der Waals surface area contributed by atoms with E-state index in [2.05, 4.69) is 16.0 Å². The summed E-state index contributed by atoms with van der Waals surface area (Å²) in [4.78, 5) is 37.9. The average Bonchev–Trinajstić information content (AvgIpc) is 3.34. The highest BCUT2D eigenvalue weighted by atomic mass is 16.3. The summed E-state index contributed by atoms with van der Waals surface area (Å²) in [5.41, 5.74) is 2.90. The van der Waals surface area contributed by atoms with E-state index < -0.39 is 0 Å². The maximum absolute atomic E-state index is 12.3. The molecule has 0 saturated heterocycles. The first-order valence-corrected chi connectivity index (χ1v) is 10.6. The van der Waals surface area contributed by atoms with Gasteiger partial charge < -0.3 is 25.3 Å². The van der Waals surface area contributed by atoms with Gasteiger partial charge in [-0.3, -0.25) is 14.4 Å². The van der Waals surface area contributed by atoms with Gasteiger partial charge in [-0.25, -0.2) is 0 Å². The minimum Gasteiger partial charge on any atom is -0.467 e. The Kier molecular flexibility index (Phi) is 8.24. The van der Waals surface area contributed by atoms with E-state index in [9.17, 15) is 14.4 Å². The summed E-state index contributed by atoms with van der Waals surface area (Å²) in [6, 6.07) is 17.9. The van der Waals surface area contributed by atoms with Crippen LogP contribution in [0.4, 0.5) is 11.4 Å². The summed E-state index contributed by atoms with van der Waals surface area (Å²) < 4.78 is 5.19. The van der Waals surface area contributed by atoms with Gasteiger partial charge in [0.2, 0.25) is 11.8 Å². The second-order valence-corrected chi connectivity index (χ2v) is 7.73. The van der Waals surface area contributed by atoms with E-state index >= 15 is 0 Å². The largest absolute Gasteiger partial charge is 0.467 e. The van der Waals surface area contributed by atoms with Crippen LogP contribution in [0.3, 0.4) is 0 Å². The van der Waals surface area contributed by atoms with Crippen LogP contribution in [0.2, 0.25) is 0 Å². The fourth-order valence-electron chi connectivity index (χ4n) is 3.09. The molecule has 1 aromatic heterocycles. The van der Waals surface area contributed by atoms with Crippen molar-refractivity contribution in [2.24, 2.45) is 0 Å². The van der Waals surface area contributed by atoms with Gasteiger partial charge in [0, 0.05) is 37.5 Å². The van der Waals surface area contributed by atoms with Crippen LogP contribution in [0.5, 0.6) is 0 Å². The fraction of sp³-hybridized carbons (Fsp3) is 0.240. The Bertz CT molecular complexity index is 1080. The molecule has 3 N–H and O–H groups in total. The molecule has 3 rings (SSSR count). The van der Waals surface area contributed by atoms with Crippen LogP contribution in [-0.2, 0) is 22.6 Å². The van der Waals surface area contributed by atoms with Crippen molar-refractivity contribution in [3.05, 3.63) is 83.8 Å². The number of hydrogen-bond acceptors (Lipinski definition) is 5. The van der Waals surface area contributed by atoms with Crippen molar-refractivity contribution in [1.29, 1.82) is 0 Å². The van der Waals surface area contributed by atoms with Gasteiger partial charge in [0.15, 0.2) is 0 Å². The zero-order valence-corrected chi connectivity index (χ0v) is 18.8. The van der Waals surface area contributed by atoms with Gasteiger partial charge >= 0.3 is 0 Å². The van der Waals surface area contributed by atoms with E-state index in [1.165, 1.54) is 0 Å². The predicted molar refractivity (Wildman–Crippen MR) is 127 cm³/mol. The van der Waals surface area contributed by atoms with Crippen LogP contribution in [0.15, 0.2) is 71.3 Å². The van der Waals surface area contributed by atoms with Gasteiger partial charge in [-0.15, -0.1) is 0 Å². The van der Waals surface area contributed by atoms with Crippen LogP contribution in [0, 0.1) is 0 Å². The molecule has 0 aliphatic carbocycles. The number of anilines is 2. The first kappa shape index (κ1) is 23.6. The average molecular weight is 449 g/mol. The molecule has 8 nitrogen and oxygen atoms in total. The third-order valence-electron chi connectivity index (χ3n) is 4.94. The van der Waals surface area contributed by atoms with Crippen molar-refractivity contribution in [2.75, 3.05) is 31.3 Å². The number of carbonyl (C=O) groups is 3. The molecule has 0 aliphatic rings. The molecule has 0 bridgehead atoms. The zero-order valence-electron chi connectivity index (χ0n) is 18.8. The van der Waals surface area contributed by atoms with Crippen molar-refractivity contribution in [3.8, 4) is 0 Å². The number of carbonyl (C=O) groups excluding carboxylic acids is 3. The molecule has 3 aromatic rings. The molecule has 0 fully saturated rings. The third kappa shape index (κ3) is 7.53. The van der Waals surface area contributed by atoms with Crippen LogP contribution < -0.4 is 16.0 Å². The normalized spacial score (nSPS) is 10.4. The lowest BCUT2D eigenvalue weighted by molar-refractivity contribution is -0.128.